The second-order valence-electron chi connectivity index (χ2n) is 5.47. The van der Waals surface area contributed by atoms with Gasteiger partial charge in [0.15, 0.2) is 0 Å². The summed E-state index contributed by atoms with van der Waals surface area (Å²) in [4.78, 5) is 0. The van der Waals surface area contributed by atoms with E-state index in [0.29, 0.717) is 0 Å². The van der Waals surface area contributed by atoms with Crippen molar-refractivity contribution < 1.29 is 0 Å². The number of hydrogen-bond acceptors (Lipinski definition) is 1. The van der Waals surface area contributed by atoms with Gasteiger partial charge in [-0.15, -0.1) is 0 Å². The van der Waals surface area contributed by atoms with E-state index in [9.17, 15) is 0 Å². The molecule has 0 aliphatic carbocycles. The topological polar surface area (TPSA) is 12.0 Å². The Balaban J connectivity index is 2.55. The highest BCUT2D eigenvalue weighted by atomic mass is 79.9. The van der Waals surface area contributed by atoms with E-state index < -0.39 is 0 Å². The van der Waals surface area contributed by atoms with E-state index in [1.54, 1.807) is 0 Å². The van der Waals surface area contributed by atoms with Crippen molar-refractivity contribution in [2.24, 2.45) is 0 Å². The zero-order valence-electron chi connectivity index (χ0n) is 12.9. The molecule has 1 unspecified atom stereocenters. The summed E-state index contributed by atoms with van der Waals surface area (Å²) in [5.41, 5.74) is 6.12. The van der Waals surface area contributed by atoms with Gasteiger partial charge in [0.05, 0.1) is 6.04 Å². The first-order valence-corrected chi connectivity index (χ1v) is 8.37. The highest BCUT2D eigenvalue weighted by molar-refractivity contribution is 9.10. The van der Waals surface area contributed by atoms with Crippen LogP contribution in [0.15, 0.2) is 34.8 Å². The Hall–Kier alpha value is -0.830. The Labute approximate surface area is 140 Å². The maximum atomic E-state index is 6.24. The minimum absolute atomic E-state index is 0.168. The Kier molecular flexibility index (Phi) is 5.48. The molecule has 0 fully saturated rings. The van der Waals surface area contributed by atoms with Gasteiger partial charge in [-0.1, -0.05) is 52.7 Å². The van der Waals surface area contributed by atoms with E-state index in [1.807, 2.05) is 0 Å². The van der Waals surface area contributed by atoms with Crippen LogP contribution in [0.1, 0.15) is 40.8 Å². The molecule has 21 heavy (non-hydrogen) atoms. The number of benzene rings is 2. The fraction of sp³-hybridized carbons (Fsp3) is 0.333. The fourth-order valence-electron chi connectivity index (χ4n) is 2.57. The molecular weight excluding hydrogens is 346 g/mol. The Bertz CT molecular complexity index is 652. The van der Waals surface area contributed by atoms with Crippen LogP contribution in [-0.2, 0) is 0 Å². The lowest BCUT2D eigenvalue weighted by Gasteiger charge is -2.23. The van der Waals surface area contributed by atoms with Gasteiger partial charge in [0.25, 0.3) is 0 Å². The van der Waals surface area contributed by atoms with Crippen LogP contribution in [0, 0.1) is 20.8 Å². The minimum atomic E-state index is 0.168. The highest BCUT2D eigenvalue weighted by Gasteiger charge is 2.18. The first-order chi connectivity index (χ1) is 9.93. The predicted molar refractivity (Wildman–Crippen MR) is 95.3 cm³/mol. The van der Waals surface area contributed by atoms with Crippen LogP contribution in [0.25, 0.3) is 0 Å². The monoisotopic (exact) mass is 365 g/mol. The SMILES string of the molecule is CCNC(c1cc(C)c(Cl)cc1C)c1ccc(C)cc1Br. The zero-order valence-corrected chi connectivity index (χ0v) is 15.3. The Morgan fingerprint density at radius 1 is 1.05 bits per heavy atom. The number of hydrogen-bond donors (Lipinski definition) is 1. The summed E-state index contributed by atoms with van der Waals surface area (Å²) in [6.07, 6.45) is 0. The van der Waals surface area contributed by atoms with Gasteiger partial charge in [-0.3, -0.25) is 0 Å². The maximum Gasteiger partial charge on any atom is 0.0590 e. The molecule has 2 rings (SSSR count). The molecule has 1 nitrogen and oxygen atoms in total. The third-order valence-electron chi connectivity index (χ3n) is 3.73. The zero-order chi connectivity index (χ0) is 15.6. The number of nitrogens with one attached hydrogen (secondary N) is 1. The average Bonchev–Trinajstić information content (AvgIpc) is 2.41. The number of aryl methyl sites for hydroxylation is 3. The second-order valence-corrected chi connectivity index (χ2v) is 6.74. The van der Waals surface area contributed by atoms with Crippen molar-refractivity contribution in [3.05, 3.63) is 67.6 Å². The van der Waals surface area contributed by atoms with E-state index in [2.05, 4.69) is 79.3 Å². The molecule has 0 amide bonds. The molecule has 0 saturated heterocycles. The van der Waals surface area contributed by atoms with Gasteiger partial charge in [0.1, 0.15) is 0 Å². The van der Waals surface area contributed by atoms with E-state index in [1.165, 1.54) is 22.3 Å². The molecule has 3 heteroatoms. The van der Waals surface area contributed by atoms with Crippen molar-refractivity contribution in [3.63, 3.8) is 0 Å². The van der Waals surface area contributed by atoms with Gasteiger partial charge in [-0.05, 0) is 67.3 Å². The van der Waals surface area contributed by atoms with Gasteiger partial charge < -0.3 is 5.32 Å². The van der Waals surface area contributed by atoms with Crippen LogP contribution in [0.5, 0.6) is 0 Å². The molecule has 112 valence electrons. The molecule has 0 radical (unpaired) electrons. The van der Waals surface area contributed by atoms with Gasteiger partial charge >= 0.3 is 0 Å². The quantitative estimate of drug-likeness (QED) is 0.729. The molecule has 1 N–H and O–H groups in total. The van der Waals surface area contributed by atoms with Crippen molar-refractivity contribution in [2.45, 2.75) is 33.7 Å². The predicted octanol–water partition coefficient (Wildman–Crippen LogP) is 5.73. The Morgan fingerprint density at radius 2 is 1.76 bits per heavy atom. The van der Waals surface area contributed by atoms with Crippen molar-refractivity contribution in [2.75, 3.05) is 6.54 Å². The maximum absolute atomic E-state index is 6.24. The minimum Gasteiger partial charge on any atom is -0.306 e. The summed E-state index contributed by atoms with van der Waals surface area (Å²) in [5.74, 6) is 0. The average molecular weight is 367 g/mol. The molecule has 0 saturated carbocycles. The summed E-state index contributed by atoms with van der Waals surface area (Å²) in [5, 5.41) is 4.42. The molecule has 1 atom stereocenters. The van der Waals surface area contributed by atoms with Crippen LogP contribution in [0.4, 0.5) is 0 Å². The fourth-order valence-corrected chi connectivity index (χ4v) is 3.51. The van der Waals surface area contributed by atoms with Crippen LogP contribution in [-0.4, -0.2) is 6.54 Å². The lowest BCUT2D eigenvalue weighted by Crippen LogP contribution is -2.23. The van der Waals surface area contributed by atoms with E-state index in [4.69, 9.17) is 11.6 Å². The second kappa shape index (κ2) is 6.95. The van der Waals surface area contributed by atoms with E-state index in [-0.39, 0.29) is 6.04 Å². The molecule has 0 aromatic heterocycles. The third-order valence-corrected chi connectivity index (χ3v) is 4.83. The normalized spacial score (nSPS) is 12.5. The molecule has 0 aliphatic heterocycles. The number of halogens is 2. The molecule has 0 spiro atoms. The van der Waals surface area contributed by atoms with Crippen molar-refractivity contribution in [1.82, 2.24) is 5.32 Å². The largest absolute Gasteiger partial charge is 0.306 e. The standard InChI is InChI=1S/C18H21BrClN/c1-5-21-18(14-7-6-11(2)8-16(14)19)15-9-13(4)17(20)10-12(15)3/h6-10,18,21H,5H2,1-4H3. The van der Waals surface area contributed by atoms with Gasteiger partial charge in [0.2, 0.25) is 0 Å². The first kappa shape index (κ1) is 16.5. The van der Waals surface area contributed by atoms with Crippen molar-refractivity contribution in [3.8, 4) is 0 Å². The molecule has 2 aromatic carbocycles. The van der Waals surface area contributed by atoms with Gasteiger partial charge in [0, 0.05) is 9.50 Å². The van der Waals surface area contributed by atoms with E-state index >= 15 is 0 Å². The van der Waals surface area contributed by atoms with Crippen LogP contribution < -0.4 is 5.32 Å². The smallest absolute Gasteiger partial charge is 0.0590 e. The first-order valence-electron chi connectivity index (χ1n) is 7.20. The summed E-state index contributed by atoms with van der Waals surface area (Å²) < 4.78 is 1.14. The molecule has 2 aromatic rings. The molecular formula is C18H21BrClN. The van der Waals surface area contributed by atoms with Crippen molar-refractivity contribution in [1.29, 1.82) is 0 Å². The van der Waals surface area contributed by atoms with E-state index in [0.717, 1.165) is 21.6 Å². The van der Waals surface area contributed by atoms with Gasteiger partial charge in [-0.25, -0.2) is 0 Å². The third kappa shape index (κ3) is 3.68. The lowest BCUT2D eigenvalue weighted by molar-refractivity contribution is 0.625. The van der Waals surface area contributed by atoms with Crippen molar-refractivity contribution >= 4 is 27.5 Å². The molecule has 0 heterocycles. The Morgan fingerprint density at radius 3 is 2.38 bits per heavy atom. The molecule has 0 bridgehead atoms. The molecule has 0 aliphatic rings. The number of rotatable bonds is 4. The lowest BCUT2D eigenvalue weighted by atomic mass is 9.93. The van der Waals surface area contributed by atoms with Crippen LogP contribution in [0.2, 0.25) is 5.02 Å². The van der Waals surface area contributed by atoms with Gasteiger partial charge in [-0.2, -0.15) is 0 Å². The summed E-state index contributed by atoms with van der Waals surface area (Å²) in [6.45, 7) is 9.32. The van der Waals surface area contributed by atoms with Crippen LogP contribution >= 0.6 is 27.5 Å². The van der Waals surface area contributed by atoms with Crippen LogP contribution in [0.3, 0.4) is 0 Å². The summed E-state index contributed by atoms with van der Waals surface area (Å²) in [7, 11) is 0. The summed E-state index contributed by atoms with van der Waals surface area (Å²) in [6, 6.07) is 10.9. The highest BCUT2D eigenvalue weighted by Crippen LogP contribution is 2.33. The summed E-state index contributed by atoms with van der Waals surface area (Å²) >= 11 is 9.94.